The summed E-state index contributed by atoms with van der Waals surface area (Å²) in [5, 5.41) is 3.48. The van der Waals surface area contributed by atoms with E-state index < -0.39 is 0 Å². The summed E-state index contributed by atoms with van der Waals surface area (Å²) in [5.41, 5.74) is 2.67. The van der Waals surface area contributed by atoms with Crippen LogP contribution in [-0.2, 0) is 0 Å². The zero-order valence-electron chi connectivity index (χ0n) is 17.3. The lowest BCUT2D eigenvalue weighted by Crippen LogP contribution is -2.33. The van der Waals surface area contributed by atoms with Gasteiger partial charge in [-0.2, -0.15) is 0 Å². The molecule has 31 heavy (non-hydrogen) atoms. The van der Waals surface area contributed by atoms with E-state index in [1.807, 2.05) is 49.4 Å². The number of anilines is 2. The highest BCUT2D eigenvalue weighted by molar-refractivity contribution is 7.22. The molecule has 1 saturated heterocycles. The van der Waals surface area contributed by atoms with E-state index in [-0.39, 0.29) is 5.91 Å². The van der Waals surface area contributed by atoms with Crippen molar-refractivity contribution < 1.29 is 9.53 Å². The van der Waals surface area contributed by atoms with Crippen LogP contribution in [0.25, 0.3) is 21.3 Å². The molecule has 7 nitrogen and oxygen atoms in total. The van der Waals surface area contributed by atoms with Gasteiger partial charge in [-0.3, -0.25) is 10.1 Å². The van der Waals surface area contributed by atoms with Gasteiger partial charge in [-0.15, -0.1) is 0 Å². The number of thiazole rings is 1. The maximum absolute atomic E-state index is 13.3. The van der Waals surface area contributed by atoms with Gasteiger partial charge in [0.1, 0.15) is 5.75 Å². The van der Waals surface area contributed by atoms with Crippen LogP contribution >= 0.6 is 11.3 Å². The number of para-hydroxylation sites is 2. The van der Waals surface area contributed by atoms with Crippen molar-refractivity contribution in [2.45, 2.75) is 26.2 Å². The topological polar surface area (TPSA) is 80.2 Å². The lowest BCUT2D eigenvalue weighted by Gasteiger charge is -2.28. The molecule has 3 heterocycles. The highest BCUT2D eigenvalue weighted by atomic mass is 32.1. The first-order chi connectivity index (χ1) is 15.2. The Hall–Kier alpha value is -3.26. The highest BCUT2D eigenvalue weighted by Gasteiger charge is 2.23. The Labute approximate surface area is 184 Å². The molecule has 1 aliphatic heterocycles. The van der Waals surface area contributed by atoms with Crippen LogP contribution in [0.3, 0.4) is 0 Å². The fraction of sp³-hybridized carbons (Fsp3) is 0.304. The van der Waals surface area contributed by atoms with Gasteiger partial charge in [0.2, 0.25) is 0 Å². The number of ether oxygens (including phenoxy) is 1. The van der Waals surface area contributed by atoms with Crippen molar-refractivity contribution in [3.05, 3.63) is 48.2 Å². The predicted molar refractivity (Wildman–Crippen MR) is 124 cm³/mol. The standard InChI is InChI=1S/C23H23N5O2S/c1-2-30-15-10-11-18-19(14-15)31-23(26-18)27-22(29)20-21(28-12-6-3-7-13-28)25-17-9-5-4-8-16(17)24-20/h4-5,8-11,14H,2-3,6-7,12-13H2,1H3,(H,26,27,29). The first-order valence-corrected chi connectivity index (χ1v) is 11.4. The van der Waals surface area contributed by atoms with Gasteiger partial charge in [0.05, 0.1) is 27.9 Å². The Bertz CT molecular complexity index is 1250. The number of nitrogens with one attached hydrogen (secondary N) is 1. The van der Waals surface area contributed by atoms with Crippen LogP contribution in [0.4, 0.5) is 10.9 Å². The normalized spacial score (nSPS) is 14.2. The monoisotopic (exact) mass is 433 g/mol. The molecule has 2 aromatic heterocycles. The van der Waals surface area contributed by atoms with Crippen LogP contribution in [0, 0.1) is 0 Å². The summed E-state index contributed by atoms with van der Waals surface area (Å²) in [6.45, 7) is 4.32. The predicted octanol–water partition coefficient (Wildman–Crippen LogP) is 4.88. The van der Waals surface area contributed by atoms with Crippen molar-refractivity contribution in [2.24, 2.45) is 0 Å². The summed E-state index contributed by atoms with van der Waals surface area (Å²) in [6.07, 6.45) is 3.39. The summed E-state index contributed by atoms with van der Waals surface area (Å²) in [4.78, 5) is 29.5. The van der Waals surface area contributed by atoms with Crippen LogP contribution < -0.4 is 15.0 Å². The second kappa shape index (κ2) is 8.47. The Morgan fingerprint density at radius 1 is 1.03 bits per heavy atom. The average molecular weight is 434 g/mol. The molecule has 0 radical (unpaired) electrons. The number of rotatable bonds is 5. The van der Waals surface area contributed by atoms with Crippen LogP contribution in [0.5, 0.6) is 5.75 Å². The third-order valence-electron chi connectivity index (χ3n) is 5.31. The number of piperidine rings is 1. The Kier molecular flexibility index (Phi) is 5.38. The van der Waals surface area contributed by atoms with E-state index >= 15 is 0 Å². The minimum absolute atomic E-state index is 0.289. The summed E-state index contributed by atoms with van der Waals surface area (Å²) < 4.78 is 6.53. The molecule has 1 N–H and O–H groups in total. The van der Waals surface area contributed by atoms with Gasteiger partial charge in [-0.25, -0.2) is 15.0 Å². The van der Waals surface area contributed by atoms with E-state index in [1.165, 1.54) is 17.8 Å². The maximum Gasteiger partial charge on any atom is 0.279 e. The highest BCUT2D eigenvalue weighted by Crippen LogP contribution is 2.30. The molecule has 1 fully saturated rings. The number of benzene rings is 2. The van der Waals surface area contributed by atoms with Crippen molar-refractivity contribution in [3.63, 3.8) is 0 Å². The van der Waals surface area contributed by atoms with Gasteiger partial charge < -0.3 is 9.64 Å². The van der Waals surface area contributed by atoms with Gasteiger partial charge in [0.25, 0.3) is 5.91 Å². The fourth-order valence-electron chi connectivity index (χ4n) is 3.84. The molecule has 5 rings (SSSR count). The molecule has 158 valence electrons. The van der Waals surface area contributed by atoms with E-state index in [9.17, 15) is 4.79 Å². The lowest BCUT2D eigenvalue weighted by atomic mass is 10.1. The van der Waals surface area contributed by atoms with Crippen LogP contribution in [-0.4, -0.2) is 40.6 Å². The zero-order valence-corrected chi connectivity index (χ0v) is 18.1. The van der Waals surface area contributed by atoms with Crippen molar-refractivity contribution in [3.8, 4) is 5.75 Å². The van der Waals surface area contributed by atoms with Gasteiger partial charge in [0.15, 0.2) is 16.6 Å². The minimum Gasteiger partial charge on any atom is -0.494 e. The minimum atomic E-state index is -0.289. The number of hydrogen-bond donors (Lipinski definition) is 1. The number of carbonyl (C=O) groups excluding carboxylic acids is 1. The van der Waals surface area contributed by atoms with Crippen LogP contribution in [0.1, 0.15) is 36.7 Å². The van der Waals surface area contributed by atoms with Crippen molar-refractivity contribution in [1.29, 1.82) is 0 Å². The fourth-order valence-corrected chi connectivity index (χ4v) is 4.73. The molecule has 0 spiro atoms. The molecule has 0 unspecified atom stereocenters. The molecule has 0 aliphatic carbocycles. The van der Waals surface area contributed by atoms with Crippen molar-refractivity contribution >= 4 is 49.4 Å². The largest absolute Gasteiger partial charge is 0.494 e. The first-order valence-electron chi connectivity index (χ1n) is 10.6. The molecule has 4 aromatic rings. The van der Waals surface area contributed by atoms with E-state index in [0.29, 0.717) is 28.8 Å². The molecule has 1 aliphatic rings. The molecule has 0 saturated carbocycles. The van der Waals surface area contributed by atoms with E-state index in [2.05, 4.69) is 20.2 Å². The van der Waals surface area contributed by atoms with Crippen molar-refractivity contribution in [2.75, 3.05) is 29.9 Å². The molecule has 1 amide bonds. The summed E-state index contributed by atoms with van der Waals surface area (Å²) in [7, 11) is 0. The molecule has 8 heteroatoms. The number of fused-ring (bicyclic) bond motifs is 2. The summed E-state index contributed by atoms with van der Waals surface area (Å²) in [6, 6.07) is 13.4. The first kappa shape index (κ1) is 19.7. The second-order valence-corrected chi connectivity index (χ2v) is 8.50. The van der Waals surface area contributed by atoms with E-state index in [1.54, 1.807) is 0 Å². The average Bonchev–Trinajstić information content (AvgIpc) is 3.20. The van der Waals surface area contributed by atoms with Gasteiger partial charge >= 0.3 is 0 Å². The SMILES string of the molecule is CCOc1ccc2nc(NC(=O)c3nc4ccccc4nc3N3CCCCC3)sc2c1. The second-order valence-electron chi connectivity index (χ2n) is 7.47. The van der Waals surface area contributed by atoms with E-state index in [4.69, 9.17) is 9.72 Å². The van der Waals surface area contributed by atoms with Gasteiger partial charge in [-0.05, 0) is 56.5 Å². The van der Waals surface area contributed by atoms with Crippen LogP contribution in [0.15, 0.2) is 42.5 Å². The smallest absolute Gasteiger partial charge is 0.279 e. The Balaban J connectivity index is 1.49. The summed E-state index contributed by atoms with van der Waals surface area (Å²) in [5.74, 6) is 1.16. The molecule has 2 aromatic carbocycles. The number of aromatic nitrogens is 3. The molecular weight excluding hydrogens is 410 g/mol. The molecular formula is C23H23N5O2S. The number of carbonyl (C=O) groups is 1. The molecule has 0 atom stereocenters. The zero-order chi connectivity index (χ0) is 21.2. The van der Waals surface area contributed by atoms with Gasteiger partial charge in [-0.1, -0.05) is 23.5 Å². The third kappa shape index (κ3) is 4.03. The number of nitrogens with zero attached hydrogens (tertiary/aromatic N) is 4. The van der Waals surface area contributed by atoms with E-state index in [0.717, 1.165) is 47.4 Å². The van der Waals surface area contributed by atoms with Crippen molar-refractivity contribution in [1.82, 2.24) is 15.0 Å². The lowest BCUT2D eigenvalue weighted by molar-refractivity contribution is 0.102. The van der Waals surface area contributed by atoms with Gasteiger partial charge in [0, 0.05) is 13.1 Å². The quantitative estimate of drug-likeness (QED) is 0.483. The molecule has 0 bridgehead atoms. The number of hydrogen-bond acceptors (Lipinski definition) is 7. The number of amides is 1. The Morgan fingerprint density at radius 3 is 2.58 bits per heavy atom. The third-order valence-corrected chi connectivity index (χ3v) is 6.25. The Morgan fingerprint density at radius 2 is 1.81 bits per heavy atom. The van der Waals surface area contributed by atoms with Crippen LogP contribution in [0.2, 0.25) is 0 Å². The summed E-state index contributed by atoms with van der Waals surface area (Å²) >= 11 is 1.42. The maximum atomic E-state index is 13.3.